The number of nitrogens with two attached hydrogens (primary N) is 1. The van der Waals surface area contributed by atoms with Crippen molar-refractivity contribution in [2.75, 3.05) is 18.9 Å². The zero-order valence-corrected chi connectivity index (χ0v) is 28.6. The summed E-state index contributed by atoms with van der Waals surface area (Å²) in [7, 11) is -10.3. The first-order chi connectivity index (χ1) is 22.5. The van der Waals surface area contributed by atoms with E-state index >= 15 is 4.39 Å². The van der Waals surface area contributed by atoms with Gasteiger partial charge in [-0.1, -0.05) is 57.2 Å². The van der Waals surface area contributed by atoms with Gasteiger partial charge in [-0.2, -0.15) is 19.4 Å². The van der Waals surface area contributed by atoms with E-state index in [-0.39, 0.29) is 40.0 Å². The molecule has 2 aromatic carbocycles. The number of nitrogens with zero attached hydrogens (tertiary/aromatic N) is 4. The number of rotatable bonds is 12. The number of aliphatic hydroxyl groups excluding tert-OH is 1. The number of hydrogen-bond acceptors (Lipinski definition) is 13. The number of fused-ring (bicyclic) bond motifs is 2. The summed E-state index contributed by atoms with van der Waals surface area (Å²) in [5.74, 6) is -0.919. The molecule has 5 rings (SSSR count). The van der Waals surface area contributed by atoms with Crippen LogP contribution in [0, 0.1) is 5.41 Å². The number of anilines is 1. The van der Waals surface area contributed by atoms with E-state index in [1.54, 1.807) is 36.4 Å². The van der Waals surface area contributed by atoms with E-state index in [2.05, 4.69) is 20.0 Å². The Bertz CT molecular complexity index is 1910. The van der Waals surface area contributed by atoms with Crippen LogP contribution in [0.4, 0.5) is 10.2 Å². The van der Waals surface area contributed by atoms with E-state index < -0.39 is 58.8 Å². The van der Waals surface area contributed by atoms with Gasteiger partial charge in [0, 0.05) is 5.39 Å². The summed E-state index contributed by atoms with van der Waals surface area (Å²) in [6, 6.07) is 10.3. The van der Waals surface area contributed by atoms with Gasteiger partial charge in [-0.15, -0.1) is 0 Å². The van der Waals surface area contributed by atoms with Crippen molar-refractivity contribution in [3.8, 4) is 5.75 Å². The maximum atomic E-state index is 15.3. The standard InChI is InChI=1S/C28H34ClFN6O10P2/c1-15(26(38)42-13-28(2,3)4)35-47(39,45-18-11-7-9-16-8-5-6-10-17(16)18)46-48(40,41)43-12-19-22(37)20(30)25(44-19)36-14-32-21-23(31)33-27(29)34-24(21)36/h5-11,14-15,19-20,22,25,37H,12-13H2,1-4H3,(H,35,39)(H,40,41)(H2,31,33,34)/t15-,19+,20+,22?,25+,47?/m0/s1. The lowest BCUT2D eigenvalue weighted by Crippen LogP contribution is -2.36. The van der Waals surface area contributed by atoms with E-state index in [1.165, 1.54) is 13.0 Å². The summed E-state index contributed by atoms with van der Waals surface area (Å²) in [6.07, 6.45) is -5.85. The molecule has 1 aliphatic heterocycles. The van der Waals surface area contributed by atoms with Gasteiger partial charge in [0.25, 0.3) is 0 Å². The number of nitrogen functional groups attached to an aromatic ring is 1. The van der Waals surface area contributed by atoms with Crippen molar-refractivity contribution in [1.82, 2.24) is 24.6 Å². The number of phosphoric ester groups is 1. The van der Waals surface area contributed by atoms with Crippen molar-refractivity contribution in [2.24, 2.45) is 5.41 Å². The van der Waals surface area contributed by atoms with Crippen molar-refractivity contribution in [3.63, 3.8) is 0 Å². The van der Waals surface area contributed by atoms with Crippen LogP contribution in [-0.2, 0) is 32.2 Å². The highest BCUT2D eigenvalue weighted by atomic mass is 35.5. The van der Waals surface area contributed by atoms with Crippen LogP contribution in [-0.4, -0.2) is 73.1 Å². The van der Waals surface area contributed by atoms with Gasteiger partial charge in [-0.3, -0.25) is 13.9 Å². The Morgan fingerprint density at radius 1 is 1.21 bits per heavy atom. The highest BCUT2D eigenvalue weighted by Crippen LogP contribution is 2.61. The highest BCUT2D eigenvalue weighted by molar-refractivity contribution is 7.63. The summed E-state index contributed by atoms with van der Waals surface area (Å²) >= 11 is 5.88. The second-order valence-corrected chi connectivity index (χ2v) is 15.8. The average molecular weight is 731 g/mol. The number of aliphatic hydroxyl groups is 1. The third-order valence-electron chi connectivity index (χ3n) is 6.92. The summed E-state index contributed by atoms with van der Waals surface area (Å²) in [6.45, 7) is 5.93. The third kappa shape index (κ3) is 8.30. The molecule has 1 fully saturated rings. The number of benzene rings is 2. The zero-order valence-electron chi connectivity index (χ0n) is 26.1. The first-order valence-electron chi connectivity index (χ1n) is 14.5. The molecule has 0 aliphatic carbocycles. The lowest BCUT2D eigenvalue weighted by molar-refractivity contribution is -0.148. The Hall–Kier alpha value is -3.24. The molecule has 0 spiro atoms. The minimum atomic E-state index is -5.36. The molecule has 3 heterocycles. The van der Waals surface area contributed by atoms with Crippen molar-refractivity contribution in [1.29, 1.82) is 0 Å². The average Bonchev–Trinajstić information content (AvgIpc) is 3.54. The molecule has 4 aromatic rings. The molecule has 7 atom stereocenters. The number of ether oxygens (including phenoxy) is 2. The topological polar surface area (TPSA) is 219 Å². The van der Waals surface area contributed by atoms with Gasteiger partial charge in [-0.25, -0.2) is 18.5 Å². The molecule has 0 saturated carbocycles. The largest absolute Gasteiger partial charge is 0.481 e. The van der Waals surface area contributed by atoms with E-state index in [4.69, 9.17) is 40.2 Å². The van der Waals surface area contributed by atoms with Gasteiger partial charge in [0.15, 0.2) is 23.9 Å². The smallest absolute Gasteiger partial charge is 0.464 e. The molecule has 48 heavy (non-hydrogen) atoms. The number of hydrogen-bond donors (Lipinski definition) is 4. The Labute approximate surface area is 278 Å². The fourth-order valence-corrected chi connectivity index (χ4v) is 7.82. The molecule has 0 bridgehead atoms. The number of aromatic nitrogens is 4. The third-order valence-corrected chi connectivity index (χ3v) is 10.4. The Kier molecular flexibility index (Phi) is 10.5. The van der Waals surface area contributed by atoms with E-state index in [0.717, 1.165) is 10.9 Å². The summed E-state index contributed by atoms with van der Waals surface area (Å²) in [4.78, 5) is 35.2. The lowest BCUT2D eigenvalue weighted by atomic mass is 9.99. The molecular formula is C28H34ClFN6O10P2. The molecule has 20 heteroatoms. The van der Waals surface area contributed by atoms with Crippen LogP contribution >= 0.6 is 27.2 Å². The van der Waals surface area contributed by atoms with Gasteiger partial charge >= 0.3 is 21.5 Å². The monoisotopic (exact) mass is 730 g/mol. The molecule has 1 aliphatic rings. The predicted molar refractivity (Wildman–Crippen MR) is 172 cm³/mol. The van der Waals surface area contributed by atoms with Gasteiger partial charge in [0.1, 0.15) is 29.5 Å². The molecule has 0 radical (unpaired) electrons. The van der Waals surface area contributed by atoms with Crippen molar-refractivity contribution in [2.45, 2.75) is 58.3 Å². The molecular weight excluding hydrogens is 697 g/mol. The zero-order chi connectivity index (χ0) is 35.0. The first kappa shape index (κ1) is 36.1. The maximum absolute atomic E-state index is 15.3. The van der Waals surface area contributed by atoms with Crippen LogP contribution in [0.3, 0.4) is 0 Å². The highest BCUT2D eigenvalue weighted by Gasteiger charge is 2.48. The van der Waals surface area contributed by atoms with Gasteiger partial charge in [0.05, 0.1) is 19.5 Å². The number of halogens is 2. The number of carbonyl (C=O) groups excluding carboxylic acids is 1. The first-order valence-corrected chi connectivity index (χ1v) is 17.9. The Morgan fingerprint density at radius 2 is 1.92 bits per heavy atom. The van der Waals surface area contributed by atoms with Gasteiger partial charge in [-0.05, 0) is 35.4 Å². The van der Waals surface area contributed by atoms with Crippen molar-refractivity contribution < 1.29 is 51.1 Å². The van der Waals surface area contributed by atoms with Gasteiger partial charge < -0.3 is 29.7 Å². The van der Waals surface area contributed by atoms with E-state index in [0.29, 0.717) is 10.8 Å². The lowest BCUT2D eigenvalue weighted by Gasteiger charge is -2.26. The van der Waals surface area contributed by atoms with Crippen LogP contribution in [0.2, 0.25) is 5.28 Å². The normalized spacial score (nSPS) is 23.1. The quantitative estimate of drug-likeness (QED) is 0.0882. The fourth-order valence-electron chi connectivity index (χ4n) is 4.66. The molecule has 0 amide bonds. The minimum absolute atomic E-state index is 0.00559. The van der Waals surface area contributed by atoms with Crippen molar-refractivity contribution >= 4 is 60.9 Å². The Morgan fingerprint density at radius 3 is 2.65 bits per heavy atom. The molecule has 16 nitrogen and oxygen atoms in total. The number of carbonyl (C=O) groups is 1. The minimum Gasteiger partial charge on any atom is -0.464 e. The number of imidazole rings is 1. The van der Waals surface area contributed by atoms with Gasteiger partial charge in [0.2, 0.25) is 5.28 Å². The summed E-state index contributed by atoms with van der Waals surface area (Å²) < 4.78 is 70.3. The molecule has 3 unspecified atom stereocenters. The Balaban J connectivity index is 1.33. The van der Waals surface area contributed by atoms with Crippen LogP contribution < -0.4 is 15.3 Å². The molecule has 2 aromatic heterocycles. The summed E-state index contributed by atoms with van der Waals surface area (Å²) in [5.41, 5.74) is 5.54. The number of nitrogens with one attached hydrogen (secondary N) is 1. The number of phosphoric acid groups is 1. The molecule has 5 N–H and O–H groups in total. The van der Waals surface area contributed by atoms with E-state index in [1.807, 2.05) is 20.8 Å². The second-order valence-electron chi connectivity index (χ2n) is 12.1. The molecule has 1 saturated heterocycles. The van der Waals surface area contributed by atoms with Crippen LogP contribution in [0.25, 0.3) is 21.9 Å². The summed E-state index contributed by atoms with van der Waals surface area (Å²) in [5, 5.41) is 13.8. The maximum Gasteiger partial charge on any atom is 0.481 e. The van der Waals surface area contributed by atoms with Crippen LogP contribution in [0.5, 0.6) is 5.75 Å². The SMILES string of the molecule is C[C@H](NP(=O)(Oc1cccc2ccccc12)OP(=O)(O)OC[C@H]1O[C@@H](n2cnc3c(N)nc(Cl)nc32)[C@H](F)C1O)C(=O)OCC(C)(C)C. The number of alkyl halides is 1. The predicted octanol–water partition coefficient (Wildman–Crippen LogP) is 4.70. The number of esters is 1. The van der Waals surface area contributed by atoms with Crippen LogP contribution in [0.15, 0.2) is 48.8 Å². The second kappa shape index (κ2) is 13.9. The van der Waals surface area contributed by atoms with Crippen LogP contribution in [0.1, 0.15) is 33.9 Å². The molecule has 260 valence electrons. The fraction of sp³-hybridized carbons (Fsp3) is 0.429. The van der Waals surface area contributed by atoms with Crippen molar-refractivity contribution in [3.05, 3.63) is 54.1 Å². The van der Waals surface area contributed by atoms with E-state index in [9.17, 15) is 23.9 Å².